The fourth-order valence-corrected chi connectivity index (χ4v) is 2.38. The number of esters is 1. The molecule has 2 amide bonds. The average Bonchev–Trinajstić information content (AvgIpc) is 2.68. The predicted molar refractivity (Wildman–Crippen MR) is 69.1 cm³/mol. The van der Waals surface area contributed by atoms with Crippen molar-refractivity contribution in [2.75, 3.05) is 6.61 Å². The third-order valence-corrected chi connectivity index (χ3v) is 3.43. The van der Waals surface area contributed by atoms with Crippen LogP contribution in [0.25, 0.3) is 0 Å². The predicted octanol–water partition coefficient (Wildman–Crippen LogP) is 0.664. The number of hydrogen-bond donors (Lipinski definition) is 1. The lowest BCUT2D eigenvalue weighted by atomic mass is 9.93. The van der Waals surface area contributed by atoms with Crippen molar-refractivity contribution in [3.8, 4) is 0 Å². The molecule has 0 fully saturated rings. The van der Waals surface area contributed by atoms with E-state index in [0.717, 1.165) is 17.7 Å². The zero-order valence-corrected chi connectivity index (χ0v) is 11.3. The highest BCUT2D eigenvalue weighted by atomic mass is 16.5. The lowest BCUT2D eigenvalue weighted by Crippen LogP contribution is -2.44. The fourth-order valence-electron chi connectivity index (χ4n) is 2.38. The molecule has 0 aromatic heterocycles. The van der Waals surface area contributed by atoms with E-state index in [9.17, 15) is 19.5 Å². The molecule has 6 heteroatoms. The molecule has 6 nitrogen and oxygen atoms in total. The average molecular weight is 279 g/mol. The summed E-state index contributed by atoms with van der Waals surface area (Å²) in [6.45, 7) is 4.44. The fraction of sp³-hybridized carbons (Fsp3) is 0.500. The molecule has 0 bridgehead atoms. The Balaban J connectivity index is 2.03. The van der Waals surface area contributed by atoms with Crippen LogP contribution in [0.1, 0.15) is 32.6 Å². The van der Waals surface area contributed by atoms with Gasteiger partial charge in [0.15, 0.2) is 6.23 Å². The number of ether oxygens (including phenoxy) is 1. The van der Waals surface area contributed by atoms with Crippen LogP contribution in [0, 0.1) is 0 Å². The van der Waals surface area contributed by atoms with Crippen molar-refractivity contribution in [3.05, 3.63) is 23.3 Å². The van der Waals surface area contributed by atoms with Gasteiger partial charge in [-0.15, -0.1) is 0 Å². The summed E-state index contributed by atoms with van der Waals surface area (Å²) in [5, 5.41) is 9.92. The minimum Gasteiger partial charge on any atom is -0.458 e. The molecular weight excluding hydrogens is 262 g/mol. The molecule has 0 spiro atoms. The number of aliphatic hydroxyl groups is 1. The number of imide groups is 1. The highest BCUT2D eigenvalue weighted by Crippen LogP contribution is 2.33. The second-order valence-electron chi connectivity index (χ2n) is 5.00. The van der Waals surface area contributed by atoms with E-state index in [0.29, 0.717) is 24.0 Å². The van der Waals surface area contributed by atoms with Gasteiger partial charge >= 0.3 is 5.97 Å². The summed E-state index contributed by atoms with van der Waals surface area (Å²) in [7, 11) is 0. The molecule has 0 radical (unpaired) electrons. The van der Waals surface area contributed by atoms with Crippen LogP contribution in [-0.4, -0.2) is 40.6 Å². The van der Waals surface area contributed by atoms with Crippen molar-refractivity contribution in [1.82, 2.24) is 4.90 Å². The van der Waals surface area contributed by atoms with Crippen molar-refractivity contribution in [3.63, 3.8) is 0 Å². The molecule has 2 aliphatic rings. The quantitative estimate of drug-likeness (QED) is 0.464. The second-order valence-corrected chi connectivity index (χ2v) is 5.00. The Labute approximate surface area is 116 Å². The molecule has 108 valence electrons. The molecule has 2 rings (SSSR count). The topological polar surface area (TPSA) is 83.9 Å². The lowest BCUT2D eigenvalue weighted by Gasteiger charge is -2.21. The van der Waals surface area contributed by atoms with Gasteiger partial charge in [-0.3, -0.25) is 9.59 Å². The molecule has 0 saturated heterocycles. The van der Waals surface area contributed by atoms with Crippen LogP contribution in [0.2, 0.25) is 0 Å². The Morgan fingerprint density at radius 3 is 2.25 bits per heavy atom. The van der Waals surface area contributed by atoms with E-state index in [2.05, 4.69) is 6.58 Å². The summed E-state index contributed by atoms with van der Waals surface area (Å²) < 4.78 is 4.77. The maximum atomic E-state index is 12.1. The van der Waals surface area contributed by atoms with Gasteiger partial charge in [0.2, 0.25) is 0 Å². The van der Waals surface area contributed by atoms with Gasteiger partial charge in [0.05, 0.1) is 0 Å². The molecular formula is C14H17NO5. The Kier molecular flexibility index (Phi) is 4.04. The number of carbonyl (C=O) groups excluding carboxylic acids is 3. The summed E-state index contributed by atoms with van der Waals surface area (Å²) >= 11 is 0. The number of carbonyl (C=O) groups is 3. The first-order valence-electron chi connectivity index (χ1n) is 6.54. The molecule has 20 heavy (non-hydrogen) atoms. The van der Waals surface area contributed by atoms with E-state index >= 15 is 0 Å². The maximum absolute atomic E-state index is 12.1. The third-order valence-electron chi connectivity index (χ3n) is 3.43. The van der Waals surface area contributed by atoms with Crippen LogP contribution < -0.4 is 0 Å². The van der Waals surface area contributed by atoms with Crippen molar-refractivity contribution >= 4 is 17.8 Å². The van der Waals surface area contributed by atoms with E-state index in [1.807, 2.05) is 0 Å². The minimum atomic E-state index is -1.45. The Morgan fingerprint density at radius 2 is 1.80 bits per heavy atom. The summed E-state index contributed by atoms with van der Waals surface area (Å²) in [5.41, 5.74) is 1.17. The standard InChI is InChI=1S/C14H17NO5/c1-8(2)14(19)20-7-11(16)15-12(17)9-5-3-4-6-10(9)13(15)18/h11,16H,1,3-7H2,2H3. The molecule has 0 aromatic rings. The maximum Gasteiger partial charge on any atom is 0.333 e. The lowest BCUT2D eigenvalue weighted by molar-refractivity contribution is -0.159. The smallest absolute Gasteiger partial charge is 0.333 e. The van der Waals surface area contributed by atoms with Crippen molar-refractivity contribution < 1.29 is 24.2 Å². The molecule has 1 unspecified atom stereocenters. The van der Waals surface area contributed by atoms with Gasteiger partial charge in [-0.1, -0.05) is 6.58 Å². The Morgan fingerprint density at radius 1 is 1.30 bits per heavy atom. The molecule has 1 aliphatic carbocycles. The van der Waals surface area contributed by atoms with Crippen LogP contribution >= 0.6 is 0 Å². The van der Waals surface area contributed by atoms with Crippen LogP contribution in [0.15, 0.2) is 23.3 Å². The molecule has 0 aromatic carbocycles. The number of nitrogens with zero attached hydrogens (tertiary/aromatic N) is 1. The zero-order valence-electron chi connectivity index (χ0n) is 11.3. The van der Waals surface area contributed by atoms with Crippen LogP contribution in [0.5, 0.6) is 0 Å². The van der Waals surface area contributed by atoms with E-state index in [1.165, 1.54) is 6.92 Å². The van der Waals surface area contributed by atoms with Gasteiger partial charge in [0.25, 0.3) is 11.8 Å². The van der Waals surface area contributed by atoms with Crippen LogP contribution in [0.3, 0.4) is 0 Å². The molecule has 1 heterocycles. The molecule has 1 aliphatic heterocycles. The van der Waals surface area contributed by atoms with Gasteiger partial charge in [0.1, 0.15) is 6.61 Å². The SMILES string of the molecule is C=C(C)C(=O)OCC(O)N1C(=O)C2=C(CCCC2)C1=O. The summed E-state index contributed by atoms with van der Waals surface area (Å²) in [4.78, 5) is 36.2. The van der Waals surface area contributed by atoms with E-state index in [-0.39, 0.29) is 5.57 Å². The molecule has 1 N–H and O–H groups in total. The van der Waals surface area contributed by atoms with Crippen LogP contribution in [0.4, 0.5) is 0 Å². The van der Waals surface area contributed by atoms with Gasteiger partial charge in [-0.25, -0.2) is 9.69 Å². The first kappa shape index (κ1) is 14.5. The van der Waals surface area contributed by atoms with E-state index in [1.54, 1.807) is 0 Å². The normalized spacial score (nSPS) is 20.0. The Bertz CT molecular complexity index is 492. The van der Waals surface area contributed by atoms with Crippen molar-refractivity contribution in [1.29, 1.82) is 0 Å². The highest BCUT2D eigenvalue weighted by molar-refractivity contribution is 6.19. The molecule has 0 saturated carbocycles. The third kappa shape index (κ3) is 2.51. The highest BCUT2D eigenvalue weighted by Gasteiger charge is 2.42. The zero-order chi connectivity index (χ0) is 14.9. The monoisotopic (exact) mass is 279 g/mol. The Hall–Kier alpha value is -1.95. The number of aliphatic hydroxyl groups excluding tert-OH is 1. The van der Waals surface area contributed by atoms with Gasteiger partial charge in [-0.05, 0) is 32.6 Å². The van der Waals surface area contributed by atoms with E-state index in [4.69, 9.17) is 4.74 Å². The number of hydrogen-bond acceptors (Lipinski definition) is 5. The van der Waals surface area contributed by atoms with Crippen LogP contribution in [-0.2, 0) is 19.1 Å². The molecule has 1 atom stereocenters. The van der Waals surface area contributed by atoms with Crippen molar-refractivity contribution in [2.24, 2.45) is 0 Å². The largest absolute Gasteiger partial charge is 0.458 e. The first-order valence-corrected chi connectivity index (χ1v) is 6.54. The summed E-state index contributed by atoms with van der Waals surface area (Å²) in [6, 6.07) is 0. The summed E-state index contributed by atoms with van der Waals surface area (Å²) in [6.07, 6.45) is 1.41. The van der Waals surface area contributed by atoms with Gasteiger partial charge in [-0.2, -0.15) is 0 Å². The van der Waals surface area contributed by atoms with E-state index < -0.39 is 30.6 Å². The summed E-state index contributed by atoms with van der Waals surface area (Å²) in [5.74, 6) is -1.60. The number of amides is 2. The van der Waals surface area contributed by atoms with Gasteiger partial charge in [0, 0.05) is 16.7 Å². The van der Waals surface area contributed by atoms with Crippen molar-refractivity contribution in [2.45, 2.75) is 38.8 Å². The second kappa shape index (κ2) is 5.58. The van der Waals surface area contributed by atoms with Gasteiger partial charge < -0.3 is 9.84 Å². The number of rotatable bonds is 4. The minimum absolute atomic E-state index is 0.189. The first-order chi connectivity index (χ1) is 9.43.